The number of amides is 2. The number of rotatable bonds is 3. The Morgan fingerprint density at radius 2 is 1.34 bits per heavy atom. The molecule has 1 aliphatic rings. The Labute approximate surface area is 183 Å². The number of carbonyl (C=O) groups excluding carboxylic acids is 2. The van der Waals surface area contributed by atoms with Crippen LogP contribution in [0.15, 0.2) is 30.5 Å². The number of fused-ring (bicyclic) bond motifs is 2. The van der Waals surface area contributed by atoms with Gasteiger partial charge in [-0.05, 0) is 74.6 Å². The number of hydrogen-bond donors (Lipinski definition) is 1. The van der Waals surface area contributed by atoms with E-state index in [0.717, 1.165) is 11.1 Å². The normalized spacial score (nSPS) is 15.4. The van der Waals surface area contributed by atoms with Crippen molar-refractivity contribution >= 4 is 22.7 Å². The molecule has 3 aromatic rings. The number of nitrogens with zero attached hydrogens (tertiary/aromatic N) is 1. The Bertz CT molecular complexity index is 1110. The first kappa shape index (κ1) is 21.4. The number of H-pyrrole nitrogens is 1. The second-order valence-electron chi connectivity index (χ2n) is 8.05. The molecule has 2 atom stereocenters. The minimum absolute atomic E-state index is 0. The van der Waals surface area contributed by atoms with Gasteiger partial charge in [0.15, 0.2) is 0 Å². The quantitative estimate of drug-likeness (QED) is 0.588. The molecular formula is C24H26N2O2V. The summed E-state index contributed by atoms with van der Waals surface area (Å²) in [6, 6.07) is 6.83. The van der Waals surface area contributed by atoms with Crippen LogP contribution in [0.2, 0.25) is 0 Å². The molecule has 29 heavy (non-hydrogen) atoms. The molecule has 1 N–H and O–H groups in total. The maximum Gasteiger partial charge on any atom is 0.261 e. The van der Waals surface area contributed by atoms with Crippen molar-refractivity contribution in [2.24, 2.45) is 0 Å². The maximum atomic E-state index is 12.9. The van der Waals surface area contributed by atoms with Crippen LogP contribution < -0.4 is 0 Å². The van der Waals surface area contributed by atoms with Gasteiger partial charge in [0.05, 0.1) is 11.1 Å². The van der Waals surface area contributed by atoms with Crippen molar-refractivity contribution in [3.8, 4) is 0 Å². The molecule has 0 bridgehead atoms. The van der Waals surface area contributed by atoms with Crippen LogP contribution in [-0.4, -0.2) is 27.7 Å². The van der Waals surface area contributed by atoms with Gasteiger partial charge in [-0.3, -0.25) is 14.5 Å². The molecule has 5 heteroatoms. The zero-order valence-electron chi connectivity index (χ0n) is 17.8. The number of imide groups is 1. The summed E-state index contributed by atoms with van der Waals surface area (Å²) in [5.74, 6) is -0.379. The van der Waals surface area contributed by atoms with Gasteiger partial charge >= 0.3 is 0 Å². The second kappa shape index (κ2) is 7.51. The molecule has 2 unspecified atom stereocenters. The number of nitrogens with one attached hydrogen (secondary N) is 1. The molecule has 4 rings (SSSR count). The summed E-state index contributed by atoms with van der Waals surface area (Å²) in [6.45, 7) is 12.7. The van der Waals surface area contributed by atoms with Gasteiger partial charge in [0.1, 0.15) is 0 Å². The average Bonchev–Trinajstić information content (AvgIpc) is 3.24. The summed E-state index contributed by atoms with van der Waals surface area (Å²) in [7, 11) is 0. The monoisotopic (exact) mass is 425 g/mol. The zero-order chi connectivity index (χ0) is 20.3. The molecule has 2 heterocycles. The van der Waals surface area contributed by atoms with Gasteiger partial charge in [-0.1, -0.05) is 19.1 Å². The fourth-order valence-electron chi connectivity index (χ4n) is 4.50. The van der Waals surface area contributed by atoms with Crippen LogP contribution in [0, 0.1) is 27.7 Å². The first-order chi connectivity index (χ1) is 13.3. The topological polar surface area (TPSA) is 53.2 Å². The Balaban J connectivity index is 0.00000240. The van der Waals surface area contributed by atoms with Crippen LogP contribution in [0.4, 0.5) is 0 Å². The van der Waals surface area contributed by atoms with Crippen LogP contribution in [-0.2, 0) is 18.6 Å². The number of carbonyl (C=O) groups is 2. The smallest absolute Gasteiger partial charge is 0.261 e. The molecular weight excluding hydrogens is 399 g/mol. The van der Waals surface area contributed by atoms with E-state index in [9.17, 15) is 9.59 Å². The first-order valence-electron chi connectivity index (χ1n) is 9.80. The molecule has 2 aromatic carbocycles. The van der Waals surface area contributed by atoms with Crippen LogP contribution in [0.5, 0.6) is 0 Å². The van der Waals surface area contributed by atoms with Crippen molar-refractivity contribution in [1.29, 1.82) is 0 Å². The second-order valence-corrected chi connectivity index (χ2v) is 8.05. The van der Waals surface area contributed by atoms with Gasteiger partial charge in [-0.15, -0.1) is 0 Å². The number of aromatic nitrogens is 1. The van der Waals surface area contributed by atoms with Crippen LogP contribution in [0.3, 0.4) is 0 Å². The number of hydrogen-bond acceptors (Lipinski definition) is 2. The number of aromatic amines is 1. The molecule has 0 spiro atoms. The molecule has 1 radical (unpaired) electrons. The van der Waals surface area contributed by atoms with Gasteiger partial charge in [0.25, 0.3) is 11.8 Å². The van der Waals surface area contributed by atoms with Crippen molar-refractivity contribution in [1.82, 2.24) is 9.88 Å². The molecule has 1 aliphatic heterocycles. The van der Waals surface area contributed by atoms with Gasteiger partial charge in [0.2, 0.25) is 0 Å². The van der Waals surface area contributed by atoms with Gasteiger partial charge in [-0.2, -0.15) is 0 Å². The van der Waals surface area contributed by atoms with E-state index in [0.29, 0.717) is 11.1 Å². The van der Waals surface area contributed by atoms with Crippen molar-refractivity contribution in [3.05, 3.63) is 69.4 Å². The van der Waals surface area contributed by atoms with Crippen molar-refractivity contribution in [2.75, 3.05) is 0 Å². The molecule has 0 saturated carbocycles. The molecule has 0 aliphatic carbocycles. The molecule has 0 fully saturated rings. The summed E-state index contributed by atoms with van der Waals surface area (Å²) >= 11 is 0. The largest absolute Gasteiger partial charge is 0.361 e. The third-order valence-corrected chi connectivity index (χ3v) is 6.80. The SMILES string of the molecule is Cc1c(C)c(C)c2c(C(C)C(C)N3C(=O)c4ccccc4C3=O)c[nH]c2c1C.[V]. The minimum atomic E-state index is -0.243. The fourth-order valence-corrected chi connectivity index (χ4v) is 4.50. The maximum absolute atomic E-state index is 12.9. The molecule has 149 valence electrons. The summed E-state index contributed by atoms with van der Waals surface area (Å²) in [6.07, 6.45) is 2.04. The third-order valence-electron chi connectivity index (χ3n) is 6.80. The Morgan fingerprint density at radius 3 is 1.90 bits per heavy atom. The summed E-state index contributed by atoms with van der Waals surface area (Å²) in [5, 5.41) is 1.22. The molecule has 0 saturated heterocycles. The van der Waals surface area contributed by atoms with E-state index < -0.39 is 0 Å². The van der Waals surface area contributed by atoms with Gasteiger partial charge < -0.3 is 4.98 Å². The Hall–Kier alpha value is -2.30. The van der Waals surface area contributed by atoms with Crippen molar-refractivity contribution in [2.45, 2.75) is 53.5 Å². The predicted octanol–water partition coefficient (Wildman–Crippen LogP) is 5.19. The zero-order valence-corrected chi connectivity index (χ0v) is 19.1. The minimum Gasteiger partial charge on any atom is -0.361 e. The fraction of sp³-hybridized carbons (Fsp3) is 0.333. The number of benzene rings is 2. The number of aryl methyl sites for hydroxylation is 2. The van der Waals surface area contributed by atoms with Crippen molar-refractivity contribution in [3.63, 3.8) is 0 Å². The Kier molecular flexibility index (Phi) is 5.55. The standard InChI is InChI=1S/C24H26N2O2.V/c1-12-13(2)15(4)22-21(14(12)3)20(11-25-22)16(5)17(6)26-23(27)18-9-7-8-10-19(18)24(26)28;/h7-11,16-17,25H,1-6H3;. The van der Waals surface area contributed by atoms with Crippen molar-refractivity contribution < 1.29 is 28.1 Å². The molecule has 4 nitrogen and oxygen atoms in total. The predicted molar refractivity (Wildman–Crippen MR) is 112 cm³/mol. The van der Waals surface area contributed by atoms with Crippen LogP contribution in [0.1, 0.15) is 68.3 Å². The van der Waals surface area contributed by atoms with Crippen LogP contribution >= 0.6 is 0 Å². The average molecular weight is 425 g/mol. The van der Waals surface area contributed by atoms with E-state index >= 15 is 0 Å². The molecule has 2 amide bonds. The van der Waals surface area contributed by atoms with E-state index in [1.165, 1.54) is 32.5 Å². The summed E-state index contributed by atoms with van der Waals surface area (Å²) in [4.78, 5) is 30.7. The van der Waals surface area contributed by atoms with E-state index in [1.54, 1.807) is 24.3 Å². The Morgan fingerprint density at radius 1 is 0.828 bits per heavy atom. The molecule has 1 aromatic heterocycles. The van der Waals surface area contributed by atoms with E-state index in [4.69, 9.17) is 0 Å². The van der Waals surface area contributed by atoms with Gasteiger partial charge in [0, 0.05) is 47.6 Å². The van der Waals surface area contributed by atoms with E-state index in [-0.39, 0.29) is 42.3 Å². The van der Waals surface area contributed by atoms with E-state index in [1.807, 2.05) is 13.1 Å². The third kappa shape index (κ3) is 2.97. The summed E-state index contributed by atoms with van der Waals surface area (Å²) < 4.78 is 0. The van der Waals surface area contributed by atoms with Crippen LogP contribution in [0.25, 0.3) is 10.9 Å². The van der Waals surface area contributed by atoms with Gasteiger partial charge in [-0.25, -0.2) is 0 Å². The first-order valence-corrected chi connectivity index (χ1v) is 9.80. The van der Waals surface area contributed by atoms with E-state index in [2.05, 4.69) is 39.6 Å². The summed E-state index contributed by atoms with van der Waals surface area (Å²) in [5.41, 5.74) is 8.43.